The third-order valence-corrected chi connectivity index (χ3v) is 4.87. The number of benzene rings is 1. The maximum Gasteiger partial charge on any atom is 0.191 e. The van der Waals surface area contributed by atoms with Crippen LogP contribution in [0.1, 0.15) is 50.0 Å². The van der Waals surface area contributed by atoms with Gasteiger partial charge < -0.3 is 24.5 Å². The van der Waals surface area contributed by atoms with Gasteiger partial charge in [-0.05, 0) is 31.0 Å². The number of unbranched alkanes of at least 4 members (excludes halogenated alkanes) is 1. The zero-order chi connectivity index (χ0) is 20.2. The largest absolute Gasteiger partial charge is 0.493 e. The predicted octanol–water partition coefficient (Wildman–Crippen LogP) is 4.09. The molecule has 2 N–H and O–H groups in total. The number of para-hydroxylation sites is 1. The van der Waals surface area contributed by atoms with Crippen LogP contribution >= 0.6 is 0 Å². The highest BCUT2D eigenvalue weighted by Gasteiger charge is 2.21. The maximum absolute atomic E-state index is 5.78. The Morgan fingerprint density at radius 3 is 2.93 bits per heavy atom. The molecule has 6 heteroatoms. The number of rotatable bonds is 11. The molecule has 1 unspecified atom stereocenters. The van der Waals surface area contributed by atoms with Crippen molar-refractivity contribution in [2.75, 3.05) is 32.9 Å². The Morgan fingerprint density at radius 2 is 2.07 bits per heavy atom. The zero-order valence-corrected chi connectivity index (χ0v) is 17.4. The first kappa shape index (κ1) is 21.2. The lowest BCUT2D eigenvalue weighted by molar-refractivity contribution is 0.130. The molecule has 0 aliphatic carbocycles. The molecule has 0 spiro atoms. The van der Waals surface area contributed by atoms with Crippen LogP contribution in [0, 0.1) is 0 Å². The number of aliphatic imine (C=N–C) groups is 1. The van der Waals surface area contributed by atoms with Crippen LogP contribution in [0.5, 0.6) is 5.75 Å². The number of guanidine groups is 1. The molecule has 29 heavy (non-hydrogen) atoms. The van der Waals surface area contributed by atoms with Crippen molar-refractivity contribution in [3.8, 4) is 5.75 Å². The second-order valence-corrected chi connectivity index (χ2v) is 7.18. The van der Waals surface area contributed by atoms with Gasteiger partial charge in [-0.2, -0.15) is 0 Å². The van der Waals surface area contributed by atoms with Gasteiger partial charge in [0.1, 0.15) is 11.5 Å². The van der Waals surface area contributed by atoms with E-state index in [0.29, 0.717) is 6.61 Å². The fourth-order valence-electron chi connectivity index (χ4n) is 3.27. The minimum Gasteiger partial charge on any atom is -0.493 e. The van der Waals surface area contributed by atoms with E-state index in [1.54, 1.807) is 6.26 Å². The molecule has 2 heterocycles. The van der Waals surface area contributed by atoms with Gasteiger partial charge in [-0.3, -0.25) is 4.99 Å². The summed E-state index contributed by atoms with van der Waals surface area (Å²) in [5, 5.41) is 7.04. The average Bonchev–Trinajstić information content (AvgIpc) is 3.26. The molecular weight excluding hydrogens is 366 g/mol. The molecule has 1 aliphatic rings. The summed E-state index contributed by atoms with van der Waals surface area (Å²) in [4.78, 5) is 4.77. The first-order chi connectivity index (χ1) is 14.4. The number of hydrogen-bond acceptors (Lipinski definition) is 4. The van der Waals surface area contributed by atoms with Crippen molar-refractivity contribution in [1.82, 2.24) is 10.6 Å². The highest BCUT2D eigenvalue weighted by Crippen LogP contribution is 2.31. The Morgan fingerprint density at radius 1 is 1.17 bits per heavy atom. The third-order valence-electron chi connectivity index (χ3n) is 4.87. The molecule has 1 aliphatic heterocycles. The molecular formula is C23H33N3O3. The lowest BCUT2D eigenvalue weighted by atomic mass is 10.0. The van der Waals surface area contributed by atoms with Crippen molar-refractivity contribution in [2.24, 2.45) is 4.99 Å². The van der Waals surface area contributed by atoms with E-state index in [1.807, 2.05) is 24.3 Å². The molecule has 3 rings (SSSR count). The van der Waals surface area contributed by atoms with Crippen molar-refractivity contribution in [3.05, 3.63) is 54.0 Å². The van der Waals surface area contributed by atoms with E-state index >= 15 is 0 Å². The van der Waals surface area contributed by atoms with Crippen molar-refractivity contribution < 1.29 is 13.9 Å². The summed E-state index contributed by atoms with van der Waals surface area (Å²) in [6.07, 6.45) is 6.64. The lowest BCUT2D eigenvalue weighted by Crippen LogP contribution is -2.42. The summed E-state index contributed by atoms with van der Waals surface area (Å²) in [5.41, 5.74) is 1.18. The summed E-state index contributed by atoms with van der Waals surface area (Å²) in [7, 11) is 0. The summed E-state index contributed by atoms with van der Waals surface area (Å²) >= 11 is 0. The van der Waals surface area contributed by atoms with E-state index in [1.165, 1.54) is 12.0 Å². The zero-order valence-electron chi connectivity index (χ0n) is 17.4. The van der Waals surface area contributed by atoms with Crippen molar-refractivity contribution in [1.29, 1.82) is 0 Å². The number of nitrogens with one attached hydrogen (secondary N) is 2. The van der Waals surface area contributed by atoms with E-state index in [4.69, 9.17) is 18.9 Å². The van der Waals surface area contributed by atoms with Crippen LogP contribution in [0.15, 0.2) is 52.1 Å². The Kier molecular flexibility index (Phi) is 8.91. The van der Waals surface area contributed by atoms with Crippen LogP contribution in [0.2, 0.25) is 0 Å². The summed E-state index contributed by atoms with van der Waals surface area (Å²) in [6, 6.07) is 12.3. The van der Waals surface area contributed by atoms with Crippen LogP contribution in [-0.4, -0.2) is 38.9 Å². The SMILES string of the molecule is CCCCOCCCN=C(NCCc1ccco1)NC1CCOc2ccccc21. The van der Waals surface area contributed by atoms with Crippen LogP contribution in [-0.2, 0) is 11.2 Å². The first-order valence-corrected chi connectivity index (χ1v) is 10.7. The van der Waals surface area contributed by atoms with Gasteiger partial charge in [0, 0.05) is 44.7 Å². The van der Waals surface area contributed by atoms with Crippen LogP contribution in [0.25, 0.3) is 0 Å². The molecule has 2 aromatic rings. The van der Waals surface area contributed by atoms with E-state index < -0.39 is 0 Å². The first-order valence-electron chi connectivity index (χ1n) is 10.7. The van der Waals surface area contributed by atoms with E-state index in [9.17, 15) is 0 Å². The predicted molar refractivity (Wildman–Crippen MR) is 115 cm³/mol. The standard InChI is InChI=1S/C23H33N3O3/c1-2-3-15-27-16-7-13-24-23(25-14-11-19-8-6-17-28-19)26-21-12-18-29-22-10-5-4-9-20(21)22/h4-6,8-10,17,21H,2-3,7,11-16,18H2,1H3,(H2,24,25,26). The highest BCUT2D eigenvalue weighted by molar-refractivity contribution is 5.80. The number of nitrogens with zero attached hydrogens (tertiary/aromatic N) is 1. The molecule has 0 fully saturated rings. The van der Waals surface area contributed by atoms with Gasteiger partial charge in [0.2, 0.25) is 0 Å². The Hall–Kier alpha value is -2.47. The lowest BCUT2D eigenvalue weighted by Gasteiger charge is -2.28. The molecule has 0 bridgehead atoms. The topological polar surface area (TPSA) is 68.0 Å². The van der Waals surface area contributed by atoms with Gasteiger partial charge in [-0.1, -0.05) is 31.5 Å². The van der Waals surface area contributed by atoms with Crippen molar-refractivity contribution in [2.45, 2.75) is 45.1 Å². The summed E-state index contributed by atoms with van der Waals surface area (Å²) in [6.45, 7) is 5.97. The molecule has 0 radical (unpaired) electrons. The average molecular weight is 400 g/mol. The molecule has 0 saturated heterocycles. The molecule has 1 atom stereocenters. The molecule has 1 aromatic heterocycles. The number of hydrogen-bond donors (Lipinski definition) is 2. The molecule has 6 nitrogen and oxygen atoms in total. The number of ether oxygens (including phenoxy) is 2. The van der Waals surface area contributed by atoms with Gasteiger partial charge >= 0.3 is 0 Å². The Balaban J connectivity index is 1.54. The van der Waals surface area contributed by atoms with E-state index in [-0.39, 0.29) is 6.04 Å². The summed E-state index contributed by atoms with van der Waals surface area (Å²) < 4.78 is 16.8. The quantitative estimate of drug-likeness (QED) is 0.338. The molecule has 0 amide bonds. The molecule has 0 saturated carbocycles. The molecule has 158 valence electrons. The van der Waals surface area contributed by atoms with E-state index in [2.05, 4.69) is 29.7 Å². The highest BCUT2D eigenvalue weighted by atomic mass is 16.5. The van der Waals surface area contributed by atoms with Crippen LogP contribution in [0.4, 0.5) is 0 Å². The Bertz CT molecular complexity index is 731. The van der Waals surface area contributed by atoms with Gasteiger partial charge in [0.05, 0.1) is 18.9 Å². The minimum atomic E-state index is 0.190. The normalized spacial score (nSPS) is 16.2. The fourth-order valence-corrected chi connectivity index (χ4v) is 3.27. The van der Waals surface area contributed by atoms with Crippen LogP contribution in [0.3, 0.4) is 0 Å². The van der Waals surface area contributed by atoms with Gasteiger partial charge in [0.25, 0.3) is 0 Å². The van der Waals surface area contributed by atoms with Crippen LogP contribution < -0.4 is 15.4 Å². The summed E-state index contributed by atoms with van der Waals surface area (Å²) in [5.74, 6) is 2.75. The number of fused-ring (bicyclic) bond motifs is 1. The van der Waals surface area contributed by atoms with E-state index in [0.717, 1.165) is 69.5 Å². The maximum atomic E-state index is 5.78. The van der Waals surface area contributed by atoms with Gasteiger partial charge in [-0.15, -0.1) is 0 Å². The fraction of sp³-hybridized carbons (Fsp3) is 0.522. The second kappa shape index (κ2) is 12.2. The van der Waals surface area contributed by atoms with Gasteiger partial charge in [-0.25, -0.2) is 0 Å². The minimum absolute atomic E-state index is 0.190. The molecule has 1 aromatic carbocycles. The van der Waals surface area contributed by atoms with Gasteiger partial charge in [0.15, 0.2) is 5.96 Å². The third kappa shape index (κ3) is 7.13. The monoisotopic (exact) mass is 399 g/mol. The Labute approximate surface area is 173 Å². The number of furan rings is 1. The van der Waals surface area contributed by atoms with Crippen molar-refractivity contribution in [3.63, 3.8) is 0 Å². The van der Waals surface area contributed by atoms with Crippen molar-refractivity contribution >= 4 is 5.96 Å². The smallest absolute Gasteiger partial charge is 0.191 e. The second-order valence-electron chi connectivity index (χ2n) is 7.18.